The monoisotopic (exact) mass is 356 g/mol. The van der Waals surface area contributed by atoms with E-state index < -0.39 is 22.8 Å². The Morgan fingerprint density at radius 3 is 2.50 bits per heavy atom. The van der Waals surface area contributed by atoms with Gasteiger partial charge in [0.15, 0.2) is 0 Å². The number of β-lactam (4-membered cyclic amide) rings is 1. The van der Waals surface area contributed by atoms with Gasteiger partial charge in [0.2, 0.25) is 11.8 Å². The molecule has 3 rings (SSSR count). The Labute approximate surface area is 166 Å². The van der Waals surface area contributed by atoms with Crippen molar-refractivity contribution in [1.29, 1.82) is 0 Å². The molecule has 6 nitrogen and oxygen atoms in total. The molecule has 8 heteroatoms. The molecular weight excluding hydrogens is 339 g/mol. The minimum Gasteiger partial charge on any atom is -0.548 e. The number of hydrogen-bond donors (Lipinski definition) is 1. The second-order valence-electron chi connectivity index (χ2n) is 6.29. The molecule has 2 unspecified atom stereocenters. The quantitative estimate of drug-likeness (QED) is 0.447. The summed E-state index contributed by atoms with van der Waals surface area (Å²) in [5.74, 6) is -1.86. The smallest absolute Gasteiger partial charge is 0.548 e. The third-order valence-corrected chi connectivity index (χ3v) is 5.76. The van der Waals surface area contributed by atoms with E-state index in [1.165, 1.54) is 16.7 Å². The number of carbonyl (C=O) groups is 3. The fraction of sp³-hybridized carbons (Fsp3) is 0.438. The summed E-state index contributed by atoms with van der Waals surface area (Å²) in [5, 5.41) is 13.7. The van der Waals surface area contributed by atoms with Crippen molar-refractivity contribution in [2.75, 3.05) is 0 Å². The van der Waals surface area contributed by atoms with Crippen molar-refractivity contribution in [3.8, 4) is 0 Å². The van der Waals surface area contributed by atoms with Crippen molar-refractivity contribution in [3.05, 3.63) is 35.9 Å². The van der Waals surface area contributed by atoms with Gasteiger partial charge in [0.05, 0.1) is 18.4 Å². The van der Waals surface area contributed by atoms with Crippen LogP contribution in [0.4, 0.5) is 0 Å². The first-order chi connectivity index (χ1) is 10.8. The molecule has 1 aromatic rings. The van der Waals surface area contributed by atoms with E-state index in [1.54, 1.807) is 13.8 Å². The Kier molecular flexibility index (Phi) is 5.69. The van der Waals surface area contributed by atoms with Crippen molar-refractivity contribution in [2.45, 2.75) is 42.5 Å². The van der Waals surface area contributed by atoms with Gasteiger partial charge in [0.25, 0.3) is 0 Å². The first-order valence-electron chi connectivity index (χ1n) is 7.35. The van der Waals surface area contributed by atoms with Gasteiger partial charge >= 0.3 is 29.6 Å². The molecule has 24 heavy (non-hydrogen) atoms. The van der Waals surface area contributed by atoms with Crippen LogP contribution in [-0.4, -0.2) is 44.9 Å². The van der Waals surface area contributed by atoms with Crippen molar-refractivity contribution < 1.29 is 49.0 Å². The maximum absolute atomic E-state index is 12.2. The number of nitrogens with one attached hydrogen (secondary N) is 1. The molecule has 0 saturated carbocycles. The zero-order valence-electron chi connectivity index (χ0n) is 13.8. The number of fused-ring (bicyclic) bond motifs is 1. The molecule has 0 radical (unpaired) electrons. The largest absolute Gasteiger partial charge is 1.00 e. The molecule has 1 aromatic carbocycles. The Bertz CT molecular complexity index is 667. The predicted molar refractivity (Wildman–Crippen MR) is 83.2 cm³/mol. The number of rotatable bonds is 4. The molecule has 1 N–H and O–H groups in total. The maximum Gasteiger partial charge on any atom is 1.00 e. The number of carbonyl (C=O) groups excluding carboxylic acids is 3. The molecule has 0 aliphatic carbocycles. The second kappa shape index (κ2) is 7.07. The average Bonchev–Trinajstić information content (AvgIpc) is 2.74. The summed E-state index contributed by atoms with van der Waals surface area (Å²) < 4.78 is -0.641. The molecule has 2 aliphatic heterocycles. The van der Waals surface area contributed by atoms with Crippen LogP contribution in [0.2, 0.25) is 0 Å². The van der Waals surface area contributed by atoms with Gasteiger partial charge in [0.1, 0.15) is 11.4 Å². The summed E-state index contributed by atoms with van der Waals surface area (Å²) >= 11 is 1.38. The zero-order valence-corrected chi connectivity index (χ0v) is 16.6. The van der Waals surface area contributed by atoms with Crippen LogP contribution in [0.1, 0.15) is 19.4 Å². The van der Waals surface area contributed by atoms with E-state index >= 15 is 0 Å². The molecule has 0 bridgehead atoms. The number of hydrogen-bond acceptors (Lipinski definition) is 5. The fourth-order valence-corrected chi connectivity index (χ4v) is 4.75. The molecule has 2 heterocycles. The summed E-state index contributed by atoms with van der Waals surface area (Å²) in [6, 6.07) is 7.61. The van der Waals surface area contributed by atoms with Gasteiger partial charge in [-0.25, -0.2) is 0 Å². The SMILES string of the molecule is CC1(C)SC2C(NC(=O)Cc3ccccc3)C(=O)N2[C@H]1C(=O)[O-].[Na+]. The Morgan fingerprint density at radius 1 is 1.29 bits per heavy atom. The first-order valence-corrected chi connectivity index (χ1v) is 8.23. The first kappa shape index (κ1) is 19.3. The summed E-state index contributed by atoms with van der Waals surface area (Å²) in [7, 11) is 0. The fourth-order valence-electron chi connectivity index (χ4n) is 3.13. The van der Waals surface area contributed by atoms with Crippen molar-refractivity contribution in [2.24, 2.45) is 0 Å². The van der Waals surface area contributed by atoms with E-state index in [0.717, 1.165) is 5.56 Å². The van der Waals surface area contributed by atoms with Gasteiger partial charge < -0.3 is 20.1 Å². The molecular formula is C16H17N2NaO4S. The van der Waals surface area contributed by atoms with E-state index in [9.17, 15) is 19.5 Å². The number of amides is 2. The normalized spacial score (nSPS) is 26.8. The molecule has 3 atom stereocenters. The summed E-state index contributed by atoms with van der Waals surface area (Å²) in [6.07, 6.45) is 0.190. The maximum atomic E-state index is 12.2. The number of nitrogens with zero attached hydrogens (tertiary/aromatic N) is 1. The van der Waals surface area contributed by atoms with E-state index in [1.807, 2.05) is 30.3 Å². The van der Waals surface area contributed by atoms with Crippen molar-refractivity contribution in [3.63, 3.8) is 0 Å². The van der Waals surface area contributed by atoms with Crippen molar-refractivity contribution >= 4 is 29.5 Å². The number of thioether (sulfide) groups is 1. The van der Waals surface area contributed by atoms with Gasteiger partial charge in [-0.1, -0.05) is 30.3 Å². The van der Waals surface area contributed by atoms with Gasteiger partial charge in [-0.05, 0) is 19.4 Å². The molecule has 0 spiro atoms. The summed E-state index contributed by atoms with van der Waals surface area (Å²) in [6.45, 7) is 3.54. The van der Waals surface area contributed by atoms with Gasteiger partial charge in [-0.15, -0.1) is 11.8 Å². The molecule has 2 saturated heterocycles. The van der Waals surface area contributed by atoms with Gasteiger partial charge in [-0.3, -0.25) is 9.59 Å². The minimum atomic E-state index is -1.26. The van der Waals surface area contributed by atoms with E-state index in [0.29, 0.717) is 0 Å². The number of aliphatic carboxylic acids is 1. The number of carboxylic acid groups (broad SMARTS) is 1. The Morgan fingerprint density at radius 2 is 1.92 bits per heavy atom. The van der Waals surface area contributed by atoms with Crippen LogP contribution in [0.15, 0.2) is 30.3 Å². The molecule has 2 amide bonds. The van der Waals surface area contributed by atoms with Gasteiger partial charge in [-0.2, -0.15) is 0 Å². The molecule has 2 aliphatic rings. The minimum absolute atomic E-state index is 0. The van der Waals surface area contributed by atoms with Crippen LogP contribution in [0.3, 0.4) is 0 Å². The average molecular weight is 356 g/mol. The number of benzene rings is 1. The van der Waals surface area contributed by atoms with Crippen LogP contribution >= 0.6 is 11.8 Å². The molecule has 0 aromatic heterocycles. The van der Waals surface area contributed by atoms with Crippen LogP contribution in [0.25, 0.3) is 0 Å². The number of carboxylic acids is 1. The molecule has 122 valence electrons. The van der Waals surface area contributed by atoms with Crippen LogP contribution in [0.5, 0.6) is 0 Å². The van der Waals surface area contributed by atoms with E-state index in [-0.39, 0.29) is 53.2 Å². The van der Waals surface area contributed by atoms with E-state index in [2.05, 4.69) is 5.32 Å². The van der Waals surface area contributed by atoms with Crippen molar-refractivity contribution in [1.82, 2.24) is 10.2 Å². The van der Waals surface area contributed by atoms with Crippen LogP contribution in [0, 0.1) is 0 Å². The van der Waals surface area contributed by atoms with E-state index in [4.69, 9.17) is 0 Å². The van der Waals surface area contributed by atoms with Crippen LogP contribution < -0.4 is 40.0 Å². The molecule has 2 fully saturated rings. The summed E-state index contributed by atoms with van der Waals surface area (Å²) in [4.78, 5) is 37.0. The van der Waals surface area contributed by atoms with Crippen LogP contribution in [-0.2, 0) is 20.8 Å². The Balaban J connectivity index is 0.00000208. The third kappa shape index (κ3) is 3.35. The predicted octanol–water partition coefficient (Wildman–Crippen LogP) is -3.47. The topological polar surface area (TPSA) is 89.5 Å². The van der Waals surface area contributed by atoms with Gasteiger partial charge in [0, 0.05) is 4.75 Å². The standard InChI is InChI=1S/C16H18N2O4S.Na/c1-16(2)12(15(21)22)18-13(20)11(14(18)23-16)17-10(19)8-9-6-4-3-5-7-9;/h3-7,11-12,14H,8H2,1-2H3,(H,17,19)(H,21,22);/q;+1/p-1/t11?,12-,14?;/m0./s1. The summed E-state index contributed by atoms with van der Waals surface area (Å²) in [5.41, 5.74) is 0.862. The third-order valence-electron chi connectivity index (χ3n) is 4.19. The zero-order chi connectivity index (χ0) is 16.8. The Hall–Kier alpha value is -1.02. The second-order valence-corrected chi connectivity index (χ2v) is 8.06.